The van der Waals surface area contributed by atoms with Crippen LogP contribution in [0.3, 0.4) is 0 Å². The number of aromatic hydroxyl groups is 1. The molecule has 2 heterocycles. The Kier molecular flexibility index (Phi) is 7.34. The Bertz CT molecular complexity index is 1170. The molecule has 1 fully saturated rings. The summed E-state index contributed by atoms with van der Waals surface area (Å²) in [6.45, 7) is 7.55. The van der Waals surface area contributed by atoms with E-state index in [2.05, 4.69) is 9.80 Å². The highest BCUT2D eigenvalue weighted by atomic mass is 19.1. The SMILES string of the molecule is COCCn1c(C)cc(O)c(C(c2ccc(C)cc2)N2CCN(c3ccc(F)cc3)CC2)c1=O. The molecule has 0 amide bonds. The van der Waals surface area contributed by atoms with Crippen molar-refractivity contribution < 1.29 is 14.2 Å². The minimum atomic E-state index is -0.377. The number of piperazine rings is 1. The van der Waals surface area contributed by atoms with Crippen molar-refractivity contribution in [2.24, 2.45) is 0 Å². The van der Waals surface area contributed by atoms with Crippen molar-refractivity contribution in [1.29, 1.82) is 0 Å². The highest BCUT2D eigenvalue weighted by Gasteiger charge is 2.31. The maximum atomic E-state index is 13.6. The number of nitrogens with zero attached hydrogens (tertiary/aromatic N) is 3. The number of aromatic nitrogens is 1. The van der Waals surface area contributed by atoms with Crippen LogP contribution in [0.5, 0.6) is 5.75 Å². The average Bonchev–Trinajstić information content (AvgIpc) is 2.83. The van der Waals surface area contributed by atoms with Crippen molar-refractivity contribution in [2.75, 3.05) is 44.8 Å². The summed E-state index contributed by atoms with van der Waals surface area (Å²) in [5, 5.41) is 11.0. The number of methoxy groups -OCH3 is 1. The Labute approximate surface area is 199 Å². The van der Waals surface area contributed by atoms with Gasteiger partial charge in [0, 0.05) is 51.2 Å². The third kappa shape index (κ3) is 5.00. The van der Waals surface area contributed by atoms with Gasteiger partial charge < -0.3 is 19.3 Å². The summed E-state index contributed by atoms with van der Waals surface area (Å²) in [7, 11) is 1.61. The Morgan fingerprint density at radius 1 is 1.00 bits per heavy atom. The molecule has 0 spiro atoms. The number of anilines is 1. The number of ether oxygens (including phenoxy) is 1. The Balaban J connectivity index is 1.70. The predicted octanol–water partition coefficient (Wildman–Crippen LogP) is 3.87. The van der Waals surface area contributed by atoms with E-state index in [9.17, 15) is 14.3 Å². The second kappa shape index (κ2) is 10.4. The van der Waals surface area contributed by atoms with Crippen LogP contribution in [0.4, 0.5) is 10.1 Å². The second-order valence-electron chi connectivity index (χ2n) is 8.85. The monoisotopic (exact) mass is 465 g/mol. The zero-order valence-electron chi connectivity index (χ0n) is 20.0. The third-order valence-electron chi connectivity index (χ3n) is 6.58. The summed E-state index contributed by atoms with van der Waals surface area (Å²) in [5.74, 6) is -0.232. The van der Waals surface area contributed by atoms with Gasteiger partial charge in [-0.2, -0.15) is 0 Å². The molecule has 1 saturated heterocycles. The molecular formula is C27H32FN3O3. The summed E-state index contributed by atoms with van der Waals surface area (Å²) in [6, 6.07) is 16.0. The van der Waals surface area contributed by atoms with E-state index in [1.807, 2.05) is 38.1 Å². The molecule has 1 N–H and O–H groups in total. The lowest BCUT2D eigenvalue weighted by atomic mass is 9.95. The Hall–Kier alpha value is -3.16. The smallest absolute Gasteiger partial charge is 0.259 e. The van der Waals surface area contributed by atoms with Gasteiger partial charge in [-0.1, -0.05) is 29.8 Å². The zero-order valence-corrected chi connectivity index (χ0v) is 20.0. The normalized spacial score (nSPS) is 15.5. The number of aryl methyl sites for hydroxylation is 2. The molecule has 3 aromatic rings. The Morgan fingerprint density at radius 3 is 2.26 bits per heavy atom. The average molecular weight is 466 g/mol. The zero-order chi connectivity index (χ0) is 24.2. The molecule has 1 aliphatic rings. The fourth-order valence-electron chi connectivity index (χ4n) is 4.69. The summed E-state index contributed by atoms with van der Waals surface area (Å²) >= 11 is 0. The van der Waals surface area contributed by atoms with Gasteiger partial charge in [0.25, 0.3) is 5.56 Å². The molecule has 6 nitrogen and oxygen atoms in total. The van der Waals surface area contributed by atoms with Gasteiger partial charge in [0.05, 0.1) is 18.2 Å². The molecule has 2 aromatic carbocycles. The summed E-state index contributed by atoms with van der Waals surface area (Å²) in [4.78, 5) is 18.1. The topological polar surface area (TPSA) is 57.9 Å². The molecule has 180 valence electrons. The van der Waals surface area contributed by atoms with E-state index in [0.717, 1.165) is 29.9 Å². The molecule has 0 bridgehead atoms. The predicted molar refractivity (Wildman–Crippen MR) is 132 cm³/mol. The van der Waals surface area contributed by atoms with Crippen LogP contribution in [0.15, 0.2) is 59.4 Å². The van der Waals surface area contributed by atoms with Crippen molar-refractivity contribution in [3.05, 3.63) is 93.2 Å². The van der Waals surface area contributed by atoms with E-state index in [0.29, 0.717) is 37.5 Å². The summed E-state index contributed by atoms with van der Waals surface area (Å²) in [6.07, 6.45) is 0. The molecule has 1 atom stereocenters. The number of pyridine rings is 1. The standard InChI is InChI=1S/C27H32FN3O3/c1-19-4-6-21(7-5-19)26(25-24(32)18-20(2)31(27(25)33)16-17-34-3)30-14-12-29(13-15-30)23-10-8-22(28)9-11-23/h4-11,18,26,32H,12-17H2,1-3H3. The maximum Gasteiger partial charge on any atom is 0.259 e. The molecule has 1 aliphatic heterocycles. The van der Waals surface area contributed by atoms with E-state index >= 15 is 0 Å². The van der Waals surface area contributed by atoms with Crippen LogP contribution in [-0.2, 0) is 11.3 Å². The second-order valence-corrected chi connectivity index (χ2v) is 8.85. The van der Waals surface area contributed by atoms with Gasteiger partial charge in [0.15, 0.2) is 0 Å². The van der Waals surface area contributed by atoms with Gasteiger partial charge in [-0.05, 0) is 49.7 Å². The van der Waals surface area contributed by atoms with Gasteiger partial charge >= 0.3 is 0 Å². The van der Waals surface area contributed by atoms with Crippen LogP contribution in [0.2, 0.25) is 0 Å². The number of benzene rings is 2. The van der Waals surface area contributed by atoms with E-state index < -0.39 is 0 Å². The fourth-order valence-corrected chi connectivity index (χ4v) is 4.69. The lowest BCUT2D eigenvalue weighted by Crippen LogP contribution is -2.49. The molecule has 0 saturated carbocycles. The van der Waals surface area contributed by atoms with E-state index in [-0.39, 0.29) is 23.2 Å². The van der Waals surface area contributed by atoms with Crippen LogP contribution in [-0.4, -0.2) is 54.5 Å². The van der Waals surface area contributed by atoms with Crippen LogP contribution < -0.4 is 10.5 Å². The van der Waals surface area contributed by atoms with E-state index in [1.165, 1.54) is 12.1 Å². The van der Waals surface area contributed by atoms with Crippen LogP contribution in [0, 0.1) is 19.7 Å². The molecule has 7 heteroatoms. The molecular weight excluding hydrogens is 433 g/mol. The van der Waals surface area contributed by atoms with Crippen molar-refractivity contribution in [3.8, 4) is 5.75 Å². The molecule has 0 aliphatic carbocycles. The van der Waals surface area contributed by atoms with E-state index in [1.54, 1.807) is 29.9 Å². The number of rotatable bonds is 7. The van der Waals surface area contributed by atoms with Crippen molar-refractivity contribution >= 4 is 5.69 Å². The first kappa shape index (κ1) is 24.0. The third-order valence-corrected chi connectivity index (χ3v) is 6.58. The molecule has 1 unspecified atom stereocenters. The lowest BCUT2D eigenvalue weighted by molar-refractivity contribution is 0.183. The highest BCUT2D eigenvalue weighted by molar-refractivity contribution is 5.47. The van der Waals surface area contributed by atoms with Crippen LogP contribution >= 0.6 is 0 Å². The molecule has 4 rings (SSSR count). The molecule has 34 heavy (non-hydrogen) atoms. The van der Waals surface area contributed by atoms with Gasteiger partial charge in [-0.3, -0.25) is 9.69 Å². The van der Waals surface area contributed by atoms with E-state index in [4.69, 9.17) is 4.74 Å². The largest absolute Gasteiger partial charge is 0.507 e. The van der Waals surface area contributed by atoms with Crippen molar-refractivity contribution in [3.63, 3.8) is 0 Å². The Morgan fingerprint density at radius 2 is 1.65 bits per heavy atom. The molecule has 0 radical (unpaired) electrons. The van der Waals surface area contributed by atoms with Gasteiger partial charge in [0.1, 0.15) is 11.6 Å². The quantitative estimate of drug-likeness (QED) is 0.574. The first-order valence-corrected chi connectivity index (χ1v) is 11.6. The van der Waals surface area contributed by atoms with Crippen LogP contribution in [0.25, 0.3) is 0 Å². The fraction of sp³-hybridized carbons (Fsp3) is 0.370. The highest BCUT2D eigenvalue weighted by Crippen LogP contribution is 2.34. The van der Waals surface area contributed by atoms with Crippen molar-refractivity contribution in [2.45, 2.75) is 26.4 Å². The lowest BCUT2D eigenvalue weighted by Gasteiger charge is -2.40. The minimum Gasteiger partial charge on any atom is -0.507 e. The van der Waals surface area contributed by atoms with Crippen LogP contribution in [0.1, 0.15) is 28.4 Å². The van der Waals surface area contributed by atoms with Gasteiger partial charge in [0.2, 0.25) is 0 Å². The van der Waals surface area contributed by atoms with Gasteiger partial charge in [-0.25, -0.2) is 4.39 Å². The minimum absolute atomic E-state index is 0.0164. The first-order chi connectivity index (χ1) is 16.4. The summed E-state index contributed by atoms with van der Waals surface area (Å²) < 4.78 is 20.2. The summed E-state index contributed by atoms with van der Waals surface area (Å²) in [5.41, 5.74) is 3.98. The number of hydrogen-bond acceptors (Lipinski definition) is 5. The molecule has 1 aromatic heterocycles. The maximum absolute atomic E-state index is 13.6. The first-order valence-electron chi connectivity index (χ1n) is 11.6. The number of halogens is 1. The van der Waals surface area contributed by atoms with Crippen molar-refractivity contribution in [1.82, 2.24) is 9.47 Å². The number of hydrogen-bond donors (Lipinski definition) is 1. The van der Waals surface area contributed by atoms with Gasteiger partial charge in [-0.15, -0.1) is 0 Å².